The van der Waals surface area contributed by atoms with E-state index in [1.165, 1.54) is 0 Å². The number of rotatable bonds is 4. The summed E-state index contributed by atoms with van der Waals surface area (Å²) in [5, 5.41) is 9.33. The first-order valence-corrected chi connectivity index (χ1v) is 5.42. The summed E-state index contributed by atoms with van der Waals surface area (Å²) in [5.41, 5.74) is -0.525. The average molecular weight is 196 g/mol. The van der Waals surface area contributed by atoms with Crippen molar-refractivity contribution in [1.82, 2.24) is 0 Å². The third-order valence-electron chi connectivity index (χ3n) is 3.88. The van der Waals surface area contributed by atoms with E-state index >= 15 is 0 Å². The van der Waals surface area contributed by atoms with Gasteiger partial charge in [0, 0.05) is 0 Å². The molecule has 1 saturated carbocycles. The molecule has 0 aliphatic heterocycles. The highest BCUT2D eigenvalue weighted by Crippen LogP contribution is 2.48. The van der Waals surface area contributed by atoms with Crippen molar-refractivity contribution in [3.8, 4) is 0 Å². The van der Waals surface area contributed by atoms with Gasteiger partial charge < -0.3 is 5.11 Å². The van der Waals surface area contributed by atoms with E-state index < -0.39 is 11.4 Å². The Kier molecular flexibility index (Phi) is 3.35. The van der Waals surface area contributed by atoms with Crippen molar-refractivity contribution in [2.24, 2.45) is 17.3 Å². The molecular formula is C12H20O2. The zero-order chi connectivity index (χ0) is 10.8. The van der Waals surface area contributed by atoms with Gasteiger partial charge in [-0.15, -0.1) is 6.58 Å². The standard InChI is InChI=1S/C12H20O2/c1-4-9(3)12(11(13)14)7-6-10(5-2)8-12/h4,9-10H,1,5-8H2,2-3H3,(H,13,14). The molecule has 0 aromatic heterocycles. The number of hydrogen-bond donors (Lipinski definition) is 1. The van der Waals surface area contributed by atoms with Crippen LogP contribution in [0.2, 0.25) is 0 Å². The summed E-state index contributed by atoms with van der Waals surface area (Å²) in [5.74, 6) is 0.0332. The molecule has 0 aromatic rings. The van der Waals surface area contributed by atoms with E-state index in [2.05, 4.69) is 13.5 Å². The van der Waals surface area contributed by atoms with Crippen LogP contribution in [0.4, 0.5) is 0 Å². The van der Waals surface area contributed by atoms with Crippen molar-refractivity contribution < 1.29 is 9.90 Å². The molecule has 3 atom stereocenters. The fourth-order valence-corrected chi connectivity index (χ4v) is 2.56. The molecular weight excluding hydrogens is 176 g/mol. The van der Waals surface area contributed by atoms with Crippen LogP contribution in [0.3, 0.4) is 0 Å². The molecule has 0 amide bonds. The maximum Gasteiger partial charge on any atom is 0.310 e. The quantitative estimate of drug-likeness (QED) is 0.701. The molecule has 1 N–H and O–H groups in total. The van der Waals surface area contributed by atoms with Crippen LogP contribution >= 0.6 is 0 Å². The van der Waals surface area contributed by atoms with Gasteiger partial charge in [0.25, 0.3) is 0 Å². The number of carbonyl (C=O) groups is 1. The van der Waals surface area contributed by atoms with Crippen LogP contribution in [-0.4, -0.2) is 11.1 Å². The minimum atomic E-state index is -0.638. The van der Waals surface area contributed by atoms with E-state index in [1.807, 2.05) is 6.92 Å². The molecule has 3 unspecified atom stereocenters. The van der Waals surface area contributed by atoms with Gasteiger partial charge in [-0.1, -0.05) is 26.3 Å². The minimum absolute atomic E-state index is 0.0801. The maximum absolute atomic E-state index is 11.3. The topological polar surface area (TPSA) is 37.3 Å². The van der Waals surface area contributed by atoms with E-state index in [4.69, 9.17) is 0 Å². The second-order valence-corrected chi connectivity index (χ2v) is 4.50. The van der Waals surface area contributed by atoms with E-state index in [0.717, 1.165) is 25.7 Å². The molecule has 1 fully saturated rings. The molecule has 2 nitrogen and oxygen atoms in total. The average Bonchev–Trinajstić information content (AvgIpc) is 2.61. The second-order valence-electron chi connectivity index (χ2n) is 4.50. The Morgan fingerprint density at radius 3 is 2.79 bits per heavy atom. The Morgan fingerprint density at radius 2 is 2.43 bits per heavy atom. The molecule has 1 aliphatic rings. The third kappa shape index (κ3) is 1.70. The van der Waals surface area contributed by atoms with Gasteiger partial charge in [0.05, 0.1) is 5.41 Å². The van der Waals surface area contributed by atoms with Crippen LogP contribution < -0.4 is 0 Å². The molecule has 80 valence electrons. The van der Waals surface area contributed by atoms with Gasteiger partial charge in [-0.25, -0.2) is 0 Å². The fraction of sp³-hybridized carbons (Fsp3) is 0.750. The van der Waals surface area contributed by atoms with E-state index in [-0.39, 0.29) is 5.92 Å². The Labute approximate surface area is 86.0 Å². The van der Waals surface area contributed by atoms with E-state index in [0.29, 0.717) is 5.92 Å². The number of carboxylic acids is 1. The SMILES string of the molecule is C=CC(C)C1(C(=O)O)CCC(CC)C1. The Balaban J connectivity index is 2.85. The highest BCUT2D eigenvalue weighted by molar-refractivity contribution is 5.75. The van der Waals surface area contributed by atoms with Crippen LogP contribution in [0.5, 0.6) is 0 Å². The predicted octanol–water partition coefficient (Wildman–Crippen LogP) is 3.09. The molecule has 0 heterocycles. The lowest BCUT2D eigenvalue weighted by molar-refractivity contribution is -0.151. The van der Waals surface area contributed by atoms with Crippen molar-refractivity contribution in [2.75, 3.05) is 0 Å². The summed E-state index contributed by atoms with van der Waals surface area (Å²) >= 11 is 0. The smallest absolute Gasteiger partial charge is 0.310 e. The summed E-state index contributed by atoms with van der Waals surface area (Å²) in [4.78, 5) is 11.3. The first kappa shape index (κ1) is 11.3. The first-order valence-electron chi connectivity index (χ1n) is 5.42. The molecule has 1 rings (SSSR count). The molecule has 0 bridgehead atoms. The summed E-state index contributed by atoms with van der Waals surface area (Å²) < 4.78 is 0. The summed E-state index contributed by atoms with van der Waals surface area (Å²) in [6.07, 6.45) is 5.58. The Bertz CT molecular complexity index is 234. The number of aliphatic carboxylic acids is 1. The fourth-order valence-electron chi connectivity index (χ4n) is 2.56. The predicted molar refractivity (Wildman–Crippen MR) is 57.1 cm³/mol. The molecule has 1 aliphatic carbocycles. The molecule has 0 saturated heterocycles. The highest BCUT2D eigenvalue weighted by atomic mass is 16.4. The third-order valence-corrected chi connectivity index (χ3v) is 3.88. The van der Waals surface area contributed by atoms with Crippen molar-refractivity contribution in [3.63, 3.8) is 0 Å². The molecule has 0 aromatic carbocycles. The van der Waals surface area contributed by atoms with Crippen LogP contribution in [-0.2, 0) is 4.79 Å². The normalized spacial score (nSPS) is 34.0. The molecule has 2 heteroatoms. The number of hydrogen-bond acceptors (Lipinski definition) is 1. The largest absolute Gasteiger partial charge is 0.481 e. The number of allylic oxidation sites excluding steroid dienone is 1. The van der Waals surface area contributed by atoms with Crippen LogP contribution in [0.25, 0.3) is 0 Å². The molecule has 14 heavy (non-hydrogen) atoms. The first-order chi connectivity index (χ1) is 6.56. The van der Waals surface area contributed by atoms with Crippen molar-refractivity contribution in [1.29, 1.82) is 0 Å². The second kappa shape index (κ2) is 4.16. The lowest BCUT2D eigenvalue weighted by Gasteiger charge is -2.29. The monoisotopic (exact) mass is 196 g/mol. The summed E-state index contributed by atoms with van der Waals surface area (Å²) in [6.45, 7) is 7.83. The zero-order valence-electron chi connectivity index (χ0n) is 9.12. The zero-order valence-corrected chi connectivity index (χ0v) is 9.12. The molecule has 0 radical (unpaired) electrons. The van der Waals surface area contributed by atoms with Gasteiger partial charge in [-0.2, -0.15) is 0 Å². The van der Waals surface area contributed by atoms with Gasteiger partial charge in [-0.3, -0.25) is 4.79 Å². The minimum Gasteiger partial charge on any atom is -0.481 e. The van der Waals surface area contributed by atoms with Crippen LogP contribution in [0, 0.1) is 17.3 Å². The summed E-state index contributed by atoms with van der Waals surface area (Å²) in [7, 11) is 0. The maximum atomic E-state index is 11.3. The number of carboxylic acid groups (broad SMARTS) is 1. The van der Waals surface area contributed by atoms with Crippen LogP contribution in [0.1, 0.15) is 39.5 Å². The lowest BCUT2D eigenvalue weighted by atomic mass is 9.74. The van der Waals surface area contributed by atoms with Gasteiger partial charge >= 0.3 is 5.97 Å². The van der Waals surface area contributed by atoms with Gasteiger partial charge in [0.1, 0.15) is 0 Å². The lowest BCUT2D eigenvalue weighted by Crippen LogP contribution is -2.34. The Hall–Kier alpha value is -0.790. The van der Waals surface area contributed by atoms with Gasteiger partial charge in [-0.05, 0) is 31.1 Å². The van der Waals surface area contributed by atoms with Crippen molar-refractivity contribution in [3.05, 3.63) is 12.7 Å². The highest BCUT2D eigenvalue weighted by Gasteiger charge is 2.47. The van der Waals surface area contributed by atoms with E-state index in [9.17, 15) is 9.90 Å². The van der Waals surface area contributed by atoms with Gasteiger partial charge in [0.2, 0.25) is 0 Å². The van der Waals surface area contributed by atoms with E-state index in [1.54, 1.807) is 6.08 Å². The summed E-state index contributed by atoms with van der Waals surface area (Å²) in [6, 6.07) is 0. The molecule has 0 spiro atoms. The van der Waals surface area contributed by atoms with Crippen LogP contribution in [0.15, 0.2) is 12.7 Å². The van der Waals surface area contributed by atoms with Crippen molar-refractivity contribution in [2.45, 2.75) is 39.5 Å². The van der Waals surface area contributed by atoms with Gasteiger partial charge in [0.15, 0.2) is 0 Å². The Morgan fingerprint density at radius 1 is 1.79 bits per heavy atom. The van der Waals surface area contributed by atoms with Crippen molar-refractivity contribution >= 4 is 5.97 Å².